The lowest BCUT2D eigenvalue weighted by Crippen LogP contribution is -2.31. The fraction of sp³-hybridized carbons (Fsp3) is 0.714. The van der Waals surface area contributed by atoms with Crippen LogP contribution < -0.4 is 5.73 Å². The maximum atomic E-state index is 6.03. The van der Waals surface area contributed by atoms with Crippen LogP contribution in [0.2, 0.25) is 0 Å². The Labute approximate surface area is 105 Å². The molecule has 0 aliphatic rings. The van der Waals surface area contributed by atoms with E-state index in [1.54, 1.807) is 0 Å². The minimum Gasteiger partial charge on any atom is -0.465 e. The van der Waals surface area contributed by atoms with Gasteiger partial charge in [-0.15, -0.1) is 0 Å². The van der Waals surface area contributed by atoms with Crippen molar-refractivity contribution in [2.45, 2.75) is 46.2 Å². The average Bonchev–Trinajstić information content (AvgIpc) is 2.73. The van der Waals surface area contributed by atoms with Crippen molar-refractivity contribution in [1.82, 2.24) is 4.90 Å². The Bertz CT molecular complexity index is 320. The lowest BCUT2D eigenvalue weighted by molar-refractivity contribution is 0.270. The Morgan fingerprint density at radius 1 is 1.29 bits per heavy atom. The van der Waals surface area contributed by atoms with Crippen molar-refractivity contribution in [2.24, 2.45) is 11.7 Å². The average molecular weight is 238 g/mol. The van der Waals surface area contributed by atoms with Gasteiger partial charge in [0.1, 0.15) is 11.5 Å². The molecule has 0 saturated heterocycles. The van der Waals surface area contributed by atoms with Gasteiger partial charge in [-0.1, -0.05) is 20.8 Å². The molecule has 0 aromatic carbocycles. The van der Waals surface area contributed by atoms with Gasteiger partial charge in [-0.05, 0) is 38.1 Å². The predicted molar refractivity (Wildman–Crippen MR) is 71.9 cm³/mol. The molecule has 98 valence electrons. The molecule has 17 heavy (non-hydrogen) atoms. The van der Waals surface area contributed by atoms with E-state index >= 15 is 0 Å². The van der Waals surface area contributed by atoms with Crippen molar-refractivity contribution in [2.75, 3.05) is 13.6 Å². The molecule has 0 spiro atoms. The fourth-order valence-electron chi connectivity index (χ4n) is 1.75. The van der Waals surface area contributed by atoms with Crippen LogP contribution in [-0.2, 0) is 13.0 Å². The second kappa shape index (κ2) is 6.82. The van der Waals surface area contributed by atoms with Crippen molar-refractivity contribution in [1.29, 1.82) is 0 Å². The second-order valence-corrected chi connectivity index (χ2v) is 5.16. The van der Waals surface area contributed by atoms with Crippen molar-refractivity contribution < 1.29 is 4.42 Å². The first-order chi connectivity index (χ1) is 8.02. The molecule has 0 fully saturated rings. The zero-order valence-corrected chi connectivity index (χ0v) is 11.6. The Morgan fingerprint density at radius 2 is 1.94 bits per heavy atom. The standard InChI is InChI=1S/C14H26N2O/c1-5-12-6-7-13(17-12)10-16(4)9-8-14(15)11(2)3/h6-7,11,14H,5,8-10,15H2,1-4H3. The van der Waals surface area contributed by atoms with E-state index in [4.69, 9.17) is 10.2 Å². The van der Waals surface area contributed by atoms with Crippen molar-refractivity contribution >= 4 is 0 Å². The molecule has 0 radical (unpaired) electrons. The third kappa shape index (κ3) is 4.92. The molecule has 0 aliphatic carbocycles. The third-order valence-electron chi connectivity index (χ3n) is 3.19. The van der Waals surface area contributed by atoms with Crippen LogP contribution in [0.3, 0.4) is 0 Å². The van der Waals surface area contributed by atoms with E-state index in [0.717, 1.165) is 37.5 Å². The number of rotatable bonds is 7. The van der Waals surface area contributed by atoms with Crippen LogP contribution in [-0.4, -0.2) is 24.5 Å². The molecular weight excluding hydrogens is 212 g/mol. The summed E-state index contributed by atoms with van der Waals surface area (Å²) in [5, 5.41) is 0. The summed E-state index contributed by atoms with van der Waals surface area (Å²) in [6, 6.07) is 4.42. The van der Waals surface area contributed by atoms with Crippen LogP contribution in [0.4, 0.5) is 0 Å². The van der Waals surface area contributed by atoms with E-state index in [1.807, 2.05) is 0 Å². The van der Waals surface area contributed by atoms with E-state index in [1.165, 1.54) is 0 Å². The SMILES string of the molecule is CCc1ccc(CN(C)CCC(N)C(C)C)o1. The molecule has 2 N–H and O–H groups in total. The topological polar surface area (TPSA) is 42.4 Å². The number of hydrogen-bond acceptors (Lipinski definition) is 3. The summed E-state index contributed by atoms with van der Waals surface area (Å²) < 4.78 is 5.68. The summed E-state index contributed by atoms with van der Waals surface area (Å²) in [6.07, 6.45) is 2.00. The molecule has 0 amide bonds. The lowest BCUT2D eigenvalue weighted by Gasteiger charge is -2.20. The van der Waals surface area contributed by atoms with Gasteiger partial charge in [0.05, 0.1) is 6.54 Å². The van der Waals surface area contributed by atoms with Crippen molar-refractivity contribution in [3.63, 3.8) is 0 Å². The largest absolute Gasteiger partial charge is 0.465 e. The zero-order valence-electron chi connectivity index (χ0n) is 11.6. The summed E-state index contributed by atoms with van der Waals surface area (Å²) in [6.45, 7) is 8.33. The highest BCUT2D eigenvalue weighted by Crippen LogP contribution is 2.11. The van der Waals surface area contributed by atoms with Crippen molar-refractivity contribution in [3.8, 4) is 0 Å². The van der Waals surface area contributed by atoms with E-state index in [0.29, 0.717) is 12.0 Å². The normalized spacial score (nSPS) is 13.6. The molecule has 1 atom stereocenters. The Kier molecular flexibility index (Phi) is 5.72. The highest BCUT2D eigenvalue weighted by atomic mass is 16.3. The number of nitrogens with two attached hydrogens (primary N) is 1. The molecule has 1 aromatic rings. The quantitative estimate of drug-likeness (QED) is 0.794. The number of furan rings is 1. The van der Waals surface area contributed by atoms with Gasteiger partial charge in [0.25, 0.3) is 0 Å². The lowest BCUT2D eigenvalue weighted by atomic mass is 10.0. The number of aryl methyl sites for hydroxylation is 1. The van der Waals surface area contributed by atoms with Gasteiger partial charge in [0.2, 0.25) is 0 Å². The van der Waals surface area contributed by atoms with Crippen LogP contribution in [0, 0.1) is 5.92 Å². The molecule has 0 bridgehead atoms. The van der Waals surface area contributed by atoms with E-state index in [9.17, 15) is 0 Å². The predicted octanol–water partition coefficient (Wildman–Crippen LogP) is 2.65. The molecular formula is C14H26N2O. The van der Waals surface area contributed by atoms with Gasteiger partial charge in [0.15, 0.2) is 0 Å². The van der Waals surface area contributed by atoms with Gasteiger partial charge >= 0.3 is 0 Å². The van der Waals surface area contributed by atoms with Crippen molar-refractivity contribution in [3.05, 3.63) is 23.7 Å². The van der Waals surface area contributed by atoms with Gasteiger partial charge in [-0.25, -0.2) is 0 Å². The summed E-state index contributed by atoms with van der Waals surface area (Å²) in [4.78, 5) is 2.26. The summed E-state index contributed by atoms with van der Waals surface area (Å²) in [5.41, 5.74) is 6.03. The Hall–Kier alpha value is -0.800. The summed E-state index contributed by atoms with van der Waals surface area (Å²) in [7, 11) is 2.11. The monoisotopic (exact) mass is 238 g/mol. The van der Waals surface area contributed by atoms with E-state index in [2.05, 4.69) is 44.9 Å². The molecule has 1 aromatic heterocycles. The maximum Gasteiger partial charge on any atom is 0.118 e. The van der Waals surface area contributed by atoms with Crippen LogP contribution in [0.15, 0.2) is 16.5 Å². The maximum absolute atomic E-state index is 6.03. The first-order valence-electron chi connectivity index (χ1n) is 6.54. The van der Waals surface area contributed by atoms with Crippen LogP contribution in [0.5, 0.6) is 0 Å². The molecule has 1 heterocycles. The molecule has 0 saturated carbocycles. The highest BCUT2D eigenvalue weighted by Gasteiger charge is 2.10. The first kappa shape index (κ1) is 14.3. The van der Waals surface area contributed by atoms with E-state index < -0.39 is 0 Å². The molecule has 1 rings (SSSR count). The Balaban J connectivity index is 2.31. The minimum absolute atomic E-state index is 0.292. The smallest absolute Gasteiger partial charge is 0.118 e. The summed E-state index contributed by atoms with van der Waals surface area (Å²) >= 11 is 0. The van der Waals surface area contributed by atoms with Gasteiger partial charge in [-0.2, -0.15) is 0 Å². The number of hydrogen-bond donors (Lipinski definition) is 1. The molecule has 3 heteroatoms. The molecule has 0 aliphatic heterocycles. The fourth-order valence-corrected chi connectivity index (χ4v) is 1.75. The van der Waals surface area contributed by atoms with Crippen LogP contribution in [0.25, 0.3) is 0 Å². The van der Waals surface area contributed by atoms with Crippen LogP contribution >= 0.6 is 0 Å². The van der Waals surface area contributed by atoms with Gasteiger partial charge in [-0.3, -0.25) is 4.90 Å². The molecule has 1 unspecified atom stereocenters. The third-order valence-corrected chi connectivity index (χ3v) is 3.19. The van der Waals surface area contributed by atoms with E-state index in [-0.39, 0.29) is 0 Å². The van der Waals surface area contributed by atoms with Gasteiger partial charge in [0, 0.05) is 12.5 Å². The van der Waals surface area contributed by atoms with Gasteiger partial charge < -0.3 is 10.2 Å². The first-order valence-corrected chi connectivity index (χ1v) is 6.54. The molecule has 3 nitrogen and oxygen atoms in total. The minimum atomic E-state index is 0.292. The Morgan fingerprint density at radius 3 is 2.47 bits per heavy atom. The highest BCUT2D eigenvalue weighted by molar-refractivity contribution is 5.06. The number of nitrogens with zero attached hydrogens (tertiary/aromatic N) is 1. The summed E-state index contributed by atoms with van der Waals surface area (Å²) in [5.74, 6) is 2.66. The second-order valence-electron chi connectivity index (χ2n) is 5.16. The zero-order chi connectivity index (χ0) is 12.8. The van der Waals surface area contributed by atoms with Crippen LogP contribution in [0.1, 0.15) is 38.7 Å².